The van der Waals surface area contributed by atoms with Crippen molar-refractivity contribution >= 4 is 35.2 Å². The smallest absolute Gasteiger partial charge is 0.244 e. The van der Waals surface area contributed by atoms with Crippen LogP contribution in [0.3, 0.4) is 0 Å². The highest BCUT2D eigenvalue weighted by atomic mass is 35.5. The fourth-order valence-electron chi connectivity index (χ4n) is 1.64. The molecule has 0 fully saturated rings. The molecule has 1 N–H and O–H groups in total. The van der Waals surface area contributed by atoms with Gasteiger partial charge in [0.15, 0.2) is 0 Å². The van der Waals surface area contributed by atoms with Gasteiger partial charge in [0.2, 0.25) is 5.91 Å². The number of carbonyl (C=O) groups is 1. The van der Waals surface area contributed by atoms with Crippen LogP contribution < -0.4 is 5.32 Å². The zero-order chi connectivity index (χ0) is 15.2. The summed E-state index contributed by atoms with van der Waals surface area (Å²) in [7, 11) is 0. The van der Waals surface area contributed by atoms with E-state index in [-0.39, 0.29) is 11.7 Å². The molecule has 0 spiro atoms. The van der Waals surface area contributed by atoms with Crippen LogP contribution in [-0.2, 0) is 11.3 Å². The minimum absolute atomic E-state index is 0.245. The van der Waals surface area contributed by atoms with E-state index in [0.29, 0.717) is 16.6 Å². The van der Waals surface area contributed by atoms with Crippen LogP contribution in [-0.4, -0.2) is 5.91 Å². The zero-order valence-corrected chi connectivity index (χ0v) is 12.5. The molecule has 0 radical (unpaired) electrons. The summed E-state index contributed by atoms with van der Waals surface area (Å²) in [4.78, 5) is 11.7. The van der Waals surface area contributed by atoms with E-state index in [1.807, 2.05) is 0 Å². The summed E-state index contributed by atoms with van der Waals surface area (Å²) >= 11 is 11.7. The topological polar surface area (TPSA) is 29.1 Å². The molecular formula is C16H12Cl2FNO. The maximum Gasteiger partial charge on any atom is 0.244 e. The average molecular weight is 324 g/mol. The van der Waals surface area contributed by atoms with Gasteiger partial charge in [-0.25, -0.2) is 4.39 Å². The van der Waals surface area contributed by atoms with E-state index in [1.165, 1.54) is 18.2 Å². The lowest BCUT2D eigenvalue weighted by Crippen LogP contribution is -2.20. The highest BCUT2D eigenvalue weighted by Crippen LogP contribution is 2.23. The number of hydrogen-bond acceptors (Lipinski definition) is 1. The maximum absolute atomic E-state index is 12.7. The summed E-state index contributed by atoms with van der Waals surface area (Å²) in [5.41, 5.74) is 1.61. The minimum atomic E-state index is -0.301. The second-order valence-electron chi connectivity index (χ2n) is 4.35. The number of carbonyl (C=O) groups excluding carboxylic acids is 1. The monoisotopic (exact) mass is 323 g/mol. The number of rotatable bonds is 4. The van der Waals surface area contributed by atoms with E-state index in [9.17, 15) is 9.18 Å². The highest BCUT2D eigenvalue weighted by molar-refractivity contribution is 6.42. The van der Waals surface area contributed by atoms with E-state index < -0.39 is 0 Å². The summed E-state index contributed by atoms with van der Waals surface area (Å²) in [5, 5.41) is 3.61. The van der Waals surface area contributed by atoms with Gasteiger partial charge >= 0.3 is 0 Å². The minimum Gasteiger partial charge on any atom is -0.348 e. The molecule has 2 rings (SSSR count). The Morgan fingerprint density at radius 1 is 1.10 bits per heavy atom. The molecule has 2 aromatic carbocycles. The lowest BCUT2D eigenvalue weighted by atomic mass is 10.2. The molecule has 0 aliphatic carbocycles. The molecule has 0 saturated heterocycles. The number of halogens is 3. The Hall–Kier alpha value is -1.84. The Morgan fingerprint density at radius 2 is 1.81 bits per heavy atom. The molecule has 0 atom stereocenters. The van der Waals surface area contributed by atoms with Gasteiger partial charge in [0.05, 0.1) is 10.0 Å². The van der Waals surface area contributed by atoms with E-state index >= 15 is 0 Å². The van der Waals surface area contributed by atoms with Gasteiger partial charge < -0.3 is 5.32 Å². The normalized spacial score (nSPS) is 10.8. The van der Waals surface area contributed by atoms with Gasteiger partial charge in [-0.05, 0) is 41.5 Å². The van der Waals surface area contributed by atoms with Crippen LogP contribution in [0, 0.1) is 5.82 Å². The van der Waals surface area contributed by atoms with Gasteiger partial charge in [-0.2, -0.15) is 0 Å². The molecule has 0 aliphatic rings. The van der Waals surface area contributed by atoms with Crippen LogP contribution in [0.4, 0.5) is 4.39 Å². The van der Waals surface area contributed by atoms with Crippen molar-refractivity contribution < 1.29 is 9.18 Å². The fourth-order valence-corrected chi connectivity index (χ4v) is 1.94. The number of amides is 1. The summed E-state index contributed by atoms with van der Waals surface area (Å²) in [5.74, 6) is -0.546. The molecule has 1 amide bonds. The Labute approximate surface area is 132 Å². The molecule has 0 unspecified atom stereocenters. The van der Waals surface area contributed by atoms with E-state index in [4.69, 9.17) is 23.2 Å². The predicted molar refractivity (Wildman–Crippen MR) is 83.7 cm³/mol. The van der Waals surface area contributed by atoms with Crippen molar-refractivity contribution in [2.45, 2.75) is 6.54 Å². The molecule has 0 saturated carbocycles. The molecular weight excluding hydrogens is 312 g/mol. The Kier molecular flexibility index (Phi) is 5.37. The fraction of sp³-hybridized carbons (Fsp3) is 0.0625. The van der Waals surface area contributed by atoms with Gasteiger partial charge in [-0.15, -0.1) is 0 Å². The number of benzene rings is 2. The third-order valence-corrected chi connectivity index (χ3v) is 3.49. The first kappa shape index (κ1) is 15.5. The van der Waals surface area contributed by atoms with E-state index in [0.717, 1.165) is 11.1 Å². The van der Waals surface area contributed by atoms with Crippen molar-refractivity contribution in [1.82, 2.24) is 5.32 Å². The van der Waals surface area contributed by atoms with Crippen LogP contribution in [0.1, 0.15) is 11.1 Å². The average Bonchev–Trinajstić information content (AvgIpc) is 2.48. The van der Waals surface area contributed by atoms with Crippen molar-refractivity contribution in [3.8, 4) is 0 Å². The van der Waals surface area contributed by atoms with Gasteiger partial charge in [0.25, 0.3) is 0 Å². The van der Waals surface area contributed by atoms with Crippen LogP contribution in [0.25, 0.3) is 6.08 Å². The largest absolute Gasteiger partial charge is 0.348 e. The molecule has 2 aromatic rings. The van der Waals surface area contributed by atoms with E-state index in [1.54, 1.807) is 36.4 Å². The third-order valence-electron chi connectivity index (χ3n) is 2.75. The zero-order valence-electron chi connectivity index (χ0n) is 10.9. The lowest BCUT2D eigenvalue weighted by molar-refractivity contribution is -0.116. The lowest BCUT2D eigenvalue weighted by Gasteiger charge is -2.02. The molecule has 0 bridgehead atoms. The quantitative estimate of drug-likeness (QED) is 0.827. The van der Waals surface area contributed by atoms with Crippen molar-refractivity contribution in [3.05, 3.63) is 75.5 Å². The standard InChI is InChI=1S/C16H12Cl2FNO/c17-14-7-3-11(9-15(14)18)4-8-16(21)20-10-12-1-5-13(19)6-2-12/h1-9H,10H2,(H,20,21)/b8-4+. The summed E-state index contributed by atoms with van der Waals surface area (Å²) in [6, 6.07) is 11.1. The first-order valence-corrected chi connectivity index (χ1v) is 6.95. The van der Waals surface area contributed by atoms with Crippen molar-refractivity contribution in [2.24, 2.45) is 0 Å². The number of nitrogens with one attached hydrogen (secondary N) is 1. The van der Waals surface area contributed by atoms with Gasteiger partial charge in [-0.1, -0.05) is 41.4 Å². The Bertz CT molecular complexity index is 668. The summed E-state index contributed by atoms with van der Waals surface area (Å²) in [6.07, 6.45) is 3.05. The molecule has 108 valence electrons. The van der Waals surface area contributed by atoms with Gasteiger partial charge in [0, 0.05) is 12.6 Å². The number of hydrogen-bond donors (Lipinski definition) is 1. The van der Waals surface area contributed by atoms with Crippen LogP contribution >= 0.6 is 23.2 Å². The van der Waals surface area contributed by atoms with Crippen LogP contribution in [0.15, 0.2) is 48.5 Å². The van der Waals surface area contributed by atoms with Crippen molar-refractivity contribution in [2.75, 3.05) is 0 Å². The van der Waals surface area contributed by atoms with Gasteiger partial charge in [-0.3, -0.25) is 4.79 Å². The third kappa shape index (κ3) is 4.88. The molecule has 0 aliphatic heterocycles. The molecule has 0 aromatic heterocycles. The highest BCUT2D eigenvalue weighted by Gasteiger charge is 1.99. The van der Waals surface area contributed by atoms with Gasteiger partial charge in [0.1, 0.15) is 5.82 Å². The van der Waals surface area contributed by atoms with E-state index in [2.05, 4.69) is 5.32 Å². The van der Waals surface area contributed by atoms with Crippen LogP contribution in [0.5, 0.6) is 0 Å². The first-order valence-electron chi connectivity index (χ1n) is 6.20. The predicted octanol–water partition coefficient (Wildman–Crippen LogP) is 4.46. The molecule has 2 nitrogen and oxygen atoms in total. The summed E-state index contributed by atoms with van der Waals surface area (Å²) in [6.45, 7) is 0.338. The van der Waals surface area contributed by atoms with Crippen LogP contribution in [0.2, 0.25) is 10.0 Å². The second-order valence-corrected chi connectivity index (χ2v) is 5.17. The first-order chi connectivity index (χ1) is 10.0. The molecule has 0 heterocycles. The van der Waals surface area contributed by atoms with Crippen molar-refractivity contribution in [1.29, 1.82) is 0 Å². The van der Waals surface area contributed by atoms with Crippen molar-refractivity contribution in [3.63, 3.8) is 0 Å². The maximum atomic E-state index is 12.7. The Balaban J connectivity index is 1.90. The second kappa shape index (κ2) is 7.25. The Morgan fingerprint density at radius 3 is 2.48 bits per heavy atom. The summed E-state index contributed by atoms with van der Waals surface area (Å²) < 4.78 is 12.7. The molecule has 21 heavy (non-hydrogen) atoms. The SMILES string of the molecule is O=C(/C=C/c1ccc(Cl)c(Cl)c1)NCc1ccc(F)cc1. The molecule has 5 heteroatoms.